The first kappa shape index (κ1) is 28.2. The molecule has 0 aromatic carbocycles. The van der Waals surface area contributed by atoms with Gasteiger partial charge in [-0.25, -0.2) is 0 Å². The smallest absolute Gasteiger partial charge is 0.0724 e. The van der Waals surface area contributed by atoms with Crippen molar-refractivity contribution < 1.29 is 10.2 Å². The van der Waals surface area contributed by atoms with Crippen LogP contribution in [-0.4, -0.2) is 33.8 Å². The van der Waals surface area contributed by atoms with Gasteiger partial charge in [0.05, 0.1) is 12.2 Å². The highest BCUT2D eigenvalue weighted by Gasteiger charge is 2.60. The van der Waals surface area contributed by atoms with E-state index in [4.69, 9.17) is 10.2 Å². The van der Waals surface area contributed by atoms with Gasteiger partial charge in [-0.1, -0.05) is 51.0 Å². The second kappa shape index (κ2) is 9.62. The first-order valence-corrected chi connectivity index (χ1v) is 18.0. The summed E-state index contributed by atoms with van der Waals surface area (Å²) < 4.78 is 0. The van der Waals surface area contributed by atoms with E-state index in [-0.39, 0.29) is 23.0 Å². The van der Waals surface area contributed by atoms with E-state index in [2.05, 4.69) is 39.8 Å². The van der Waals surface area contributed by atoms with Crippen LogP contribution < -0.4 is 0 Å². The van der Waals surface area contributed by atoms with Crippen molar-refractivity contribution in [3.63, 3.8) is 0 Å². The quantitative estimate of drug-likeness (QED) is 0.245. The second-order valence-corrected chi connectivity index (χ2v) is 17.4. The minimum absolute atomic E-state index is 0.122. The Labute approximate surface area is 254 Å². The third kappa shape index (κ3) is 3.85. The van der Waals surface area contributed by atoms with Crippen molar-refractivity contribution >= 4 is 11.4 Å². The van der Waals surface area contributed by atoms with Crippen molar-refractivity contribution in [3.05, 3.63) is 23.3 Å². The van der Waals surface area contributed by atoms with Crippen LogP contribution in [0.15, 0.2) is 33.5 Å². The maximum atomic E-state index is 10.4. The minimum Gasteiger partial charge on any atom is -0.393 e. The predicted molar refractivity (Wildman–Crippen MR) is 170 cm³/mol. The Bertz CT molecular complexity index is 1260. The summed E-state index contributed by atoms with van der Waals surface area (Å²) in [4.78, 5) is 0. The number of hydrogen-bond donors (Lipinski definition) is 2. The average molecular weight is 573 g/mol. The van der Waals surface area contributed by atoms with E-state index in [1.165, 1.54) is 82.1 Å². The molecule has 8 aliphatic rings. The SMILES string of the molecule is C[C@]12CC[C@H](O)CC1=CC[C@H]1[C@H]2CC[C@]2(C)/C(=N\N=C3\CC[C@H]4[C@@H]5CCC6=C[C@@H](O)CC[C@]6(C)[C@H]5CC[C@]34C)CC[C@H]12. The van der Waals surface area contributed by atoms with E-state index in [1.807, 2.05) is 0 Å². The van der Waals surface area contributed by atoms with Gasteiger partial charge in [-0.05, 0) is 149 Å². The van der Waals surface area contributed by atoms with Crippen LogP contribution in [0.5, 0.6) is 0 Å². The molecule has 6 saturated carbocycles. The largest absolute Gasteiger partial charge is 0.393 e. The fraction of sp³-hybridized carbons (Fsp3) is 0.842. The molecule has 0 aromatic heterocycles. The van der Waals surface area contributed by atoms with E-state index in [0.717, 1.165) is 67.6 Å². The molecule has 0 heterocycles. The van der Waals surface area contributed by atoms with E-state index < -0.39 is 0 Å². The molecule has 4 nitrogen and oxygen atoms in total. The summed E-state index contributed by atoms with van der Waals surface area (Å²) in [6.07, 6.45) is 23.3. The zero-order valence-corrected chi connectivity index (χ0v) is 26.9. The van der Waals surface area contributed by atoms with Crippen LogP contribution in [0, 0.1) is 57.2 Å². The summed E-state index contributed by atoms with van der Waals surface area (Å²) in [6, 6.07) is 0. The van der Waals surface area contributed by atoms with Crippen LogP contribution in [0.3, 0.4) is 0 Å². The molecule has 12 atom stereocenters. The van der Waals surface area contributed by atoms with E-state index in [0.29, 0.717) is 10.8 Å². The zero-order chi connectivity index (χ0) is 29.1. The molecule has 230 valence electrons. The molecule has 0 aliphatic heterocycles. The molecule has 0 unspecified atom stereocenters. The molecule has 0 bridgehead atoms. The van der Waals surface area contributed by atoms with Crippen molar-refractivity contribution in [2.45, 2.75) is 143 Å². The Hall–Kier alpha value is -1.26. The zero-order valence-electron chi connectivity index (χ0n) is 26.9. The topological polar surface area (TPSA) is 65.2 Å². The number of fused-ring (bicyclic) bond motifs is 10. The molecule has 4 heteroatoms. The first-order chi connectivity index (χ1) is 20.1. The Morgan fingerprint density at radius 3 is 1.83 bits per heavy atom. The van der Waals surface area contributed by atoms with Crippen LogP contribution in [0.2, 0.25) is 0 Å². The van der Waals surface area contributed by atoms with Crippen molar-refractivity contribution in [1.82, 2.24) is 0 Å². The fourth-order valence-electron chi connectivity index (χ4n) is 13.4. The Balaban J connectivity index is 1.02. The van der Waals surface area contributed by atoms with Crippen molar-refractivity contribution in [1.29, 1.82) is 0 Å². The maximum absolute atomic E-state index is 10.4. The molecule has 0 spiro atoms. The predicted octanol–water partition coefficient (Wildman–Crippen LogP) is 8.43. The fourth-order valence-corrected chi connectivity index (χ4v) is 13.4. The van der Waals surface area contributed by atoms with Crippen molar-refractivity contribution in [3.8, 4) is 0 Å². The first-order valence-electron chi connectivity index (χ1n) is 18.0. The van der Waals surface area contributed by atoms with E-state index in [1.54, 1.807) is 11.1 Å². The number of rotatable bonds is 1. The Morgan fingerprint density at radius 1 is 0.595 bits per heavy atom. The normalized spacial score (nSPS) is 55.1. The number of allylic oxidation sites excluding steroid dienone is 2. The summed E-state index contributed by atoms with van der Waals surface area (Å²) in [6.45, 7) is 10.2. The van der Waals surface area contributed by atoms with Gasteiger partial charge in [-0.2, -0.15) is 10.2 Å². The van der Waals surface area contributed by atoms with Gasteiger partial charge in [0.15, 0.2) is 0 Å². The van der Waals surface area contributed by atoms with Crippen molar-refractivity contribution in [2.75, 3.05) is 0 Å². The highest BCUT2D eigenvalue weighted by atomic mass is 16.3. The monoisotopic (exact) mass is 572 g/mol. The molecular formula is C38H56N2O2. The van der Waals surface area contributed by atoms with Crippen LogP contribution in [-0.2, 0) is 0 Å². The third-order valence-corrected chi connectivity index (χ3v) is 15.9. The lowest BCUT2D eigenvalue weighted by molar-refractivity contribution is -0.0250. The van der Waals surface area contributed by atoms with Gasteiger partial charge < -0.3 is 10.2 Å². The maximum Gasteiger partial charge on any atom is 0.0724 e. The highest BCUT2D eigenvalue weighted by Crippen LogP contribution is 2.66. The number of aliphatic hydroxyl groups excluding tert-OH is 2. The van der Waals surface area contributed by atoms with Gasteiger partial charge in [0, 0.05) is 22.3 Å². The van der Waals surface area contributed by atoms with Crippen LogP contribution >= 0.6 is 0 Å². The van der Waals surface area contributed by atoms with Gasteiger partial charge in [0.2, 0.25) is 0 Å². The number of aliphatic hydroxyl groups is 2. The van der Waals surface area contributed by atoms with Crippen LogP contribution in [0.1, 0.15) is 130 Å². The lowest BCUT2D eigenvalue weighted by Gasteiger charge is -2.57. The molecule has 0 radical (unpaired) electrons. The number of nitrogens with zero attached hydrogens (tertiary/aromatic N) is 2. The van der Waals surface area contributed by atoms with Gasteiger partial charge in [0.1, 0.15) is 0 Å². The van der Waals surface area contributed by atoms with Gasteiger partial charge in [0.25, 0.3) is 0 Å². The molecule has 2 N–H and O–H groups in total. The average Bonchev–Trinajstić information content (AvgIpc) is 3.48. The number of hydrogen-bond acceptors (Lipinski definition) is 4. The molecule has 0 amide bonds. The minimum atomic E-state index is -0.216. The summed E-state index contributed by atoms with van der Waals surface area (Å²) >= 11 is 0. The summed E-state index contributed by atoms with van der Waals surface area (Å²) in [5, 5.41) is 31.2. The van der Waals surface area contributed by atoms with E-state index in [9.17, 15) is 10.2 Å². The third-order valence-electron chi connectivity index (χ3n) is 15.9. The Morgan fingerprint density at radius 2 is 1.14 bits per heavy atom. The molecule has 42 heavy (non-hydrogen) atoms. The molecule has 6 fully saturated rings. The lowest BCUT2D eigenvalue weighted by Crippen LogP contribution is -2.50. The second-order valence-electron chi connectivity index (χ2n) is 17.4. The highest BCUT2D eigenvalue weighted by molar-refractivity contribution is 5.95. The Kier molecular flexibility index (Phi) is 6.47. The summed E-state index contributed by atoms with van der Waals surface area (Å²) in [5.41, 5.74) is 7.02. The van der Waals surface area contributed by atoms with E-state index >= 15 is 0 Å². The van der Waals surface area contributed by atoms with Crippen molar-refractivity contribution in [2.24, 2.45) is 67.4 Å². The van der Waals surface area contributed by atoms with Crippen LogP contribution in [0.25, 0.3) is 0 Å². The molecule has 0 saturated heterocycles. The molecule has 8 rings (SSSR count). The molecular weight excluding hydrogens is 516 g/mol. The summed E-state index contributed by atoms with van der Waals surface area (Å²) in [7, 11) is 0. The van der Waals surface area contributed by atoms with Gasteiger partial charge in [-0.3, -0.25) is 0 Å². The van der Waals surface area contributed by atoms with Crippen LogP contribution in [0.4, 0.5) is 0 Å². The molecule has 8 aliphatic carbocycles. The molecule has 0 aromatic rings. The lowest BCUT2D eigenvalue weighted by atomic mass is 9.47. The van der Waals surface area contributed by atoms with Gasteiger partial charge in [-0.15, -0.1) is 0 Å². The van der Waals surface area contributed by atoms with Gasteiger partial charge >= 0.3 is 0 Å². The summed E-state index contributed by atoms with van der Waals surface area (Å²) in [5.74, 6) is 4.61. The standard InChI is InChI=1S/C38H56N2O2/c1-35-17-13-25(41)21-23(35)5-7-27-29-9-11-33(37(29,3)19-15-31(27)35)39-40-34-12-10-30-28-8-6-24-22-26(42)14-18-36(24,2)32(28)16-20-38(30,34)4/h5,22,25-32,41-42H,6-21H2,1-4H3/b39-33-,40-34-/t25-,26-,27+,28-,29+,30-,31+,32-,35-,36-,37-,38-/m0/s1.